The predicted molar refractivity (Wildman–Crippen MR) is 98.9 cm³/mol. The molecule has 0 atom stereocenters. The Bertz CT molecular complexity index is 576. The van der Waals surface area contributed by atoms with Gasteiger partial charge < -0.3 is 15.8 Å². The van der Waals surface area contributed by atoms with Crippen molar-refractivity contribution in [2.24, 2.45) is 11.7 Å². The summed E-state index contributed by atoms with van der Waals surface area (Å²) in [4.78, 5) is 14.9. The number of amides is 1. The number of piperidine rings is 1. The van der Waals surface area contributed by atoms with Gasteiger partial charge in [0.15, 0.2) is 0 Å². The van der Waals surface area contributed by atoms with E-state index in [-0.39, 0.29) is 5.91 Å². The number of carbonyl (C=O) groups excluding carboxylic acids is 1. The summed E-state index contributed by atoms with van der Waals surface area (Å²) in [5.41, 5.74) is 7.90. The number of ether oxygens (including phenoxy) is 1. The van der Waals surface area contributed by atoms with Gasteiger partial charge in [0.05, 0.1) is 5.54 Å². The number of likely N-dealkylation sites (tertiary alicyclic amines) is 1. The number of carbonyl (C=O) groups is 1. The van der Waals surface area contributed by atoms with Crippen molar-refractivity contribution in [3.8, 4) is 0 Å². The molecule has 5 heteroatoms. The van der Waals surface area contributed by atoms with Gasteiger partial charge >= 0.3 is 0 Å². The Morgan fingerprint density at radius 3 is 2.68 bits per heavy atom. The molecule has 0 aromatic heterocycles. The van der Waals surface area contributed by atoms with Crippen LogP contribution in [0.15, 0.2) is 24.3 Å². The minimum Gasteiger partial charge on any atom is -0.381 e. The van der Waals surface area contributed by atoms with E-state index in [2.05, 4.69) is 41.4 Å². The third-order valence-corrected chi connectivity index (χ3v) is 5.56. The zero-order valence-corrected chi connectivity index (χ0v) is 15.3. The molecule has 0 saturated carbocycles. The SMILES string of the molecule is CC1CCN(Cc2cccc(CNC(=O)C3(N)CCOCC3)c2)CC1. The van der Waals surface area contributed by atoms with Gasteiger partial charge in [-0.05, 0) is 55.8 Å². The fourth-order valence-corrected chi connectivity index (χ4v) is 3.64. The number of nitrogens with one attached hydrogen (secondary N) is 1. The van der Waals surface area contributed by atoms with E-state index in [1.807, 2.05) is 0 Å². The minimum absolute atomic E-state index is 0.0637. The van der Waals surface area contributed by atoms with Crippen molar-refractivity contribution in [1.29, 1.82) is 0 Å². The summed E-state index contributed by atoms with van der Waals surface area (Å²) in [6.07, 6.45) is 3.76. The highest BCUT2D eigenvalue weighted by atomic mass is 16.5. The molecule has 3 rings (SSSR count). The van der Waals surface area contributed by atoms with E-state index in [0.29, 0.717) is 32.6 Å². The first-order valence-electron chi connectivity index (χ1n) is 9.50. The van der Waals surface area contributed by atoms with Crippen molar-refractivity contribution in [3.63, 3.8) is 0 Å². The molecular formula is C20H31N3O2. The quantitative estimate of drug-likeness (QED) is 0.857. The molecule has 2 saturated heterocycles. The average molecular weight is 345 g/mol. The molecule has 0 bridgehead atoms. The van der Waals surface area contributed by atoms with Crippen LogP contribution < -0.4 is 11.1 Å². The first-order chi connectivity index (χ1) is 12.0. The van der Waals surface area contributed by atoms with Gasteiger partial charge in [-0.15, -0.1) is 0 Å². The summed E-state index contributed by atoms with van der Waals surface area (Å²) in [6.45, 7) is 7.35. The second-order valence-corrected chi connectivity index (χ2v) is 7.73. The van der Waals surface area contributed by atoms with E-state index >= 15 is 0 Å². The third kappa shape index (κ3) is 5.03. The van der Waals surface area contributed by atoms with Crippen molar-refractivity contribution in [3.05, 3.63) is 35.4 Å². The molecule has 1 aromatic rings. The number of rotatable bonds is 5. The standard InChI is InChI=1S/C20H31N3O2/c1-16-5-9-23(10-6-16)15-18-4-2-3-17(13-18)14-22-19(24)20(21)7-11-25-12-8-20/h2-4,13,16H,5-12,14-15,21H2,1H3,(H,22,24). The van der Waals surface area contributed by atoms with E-state index in [1.54, 1.807) is 0 Å². The summed E-state index contributed by atoms with van der Waals surface area (Å²) in [5, 5.41) is 3.01. The maximum Gasteiger partial charge on any atom is 0.240 e. The van der Waals surface area contributed by atoms with Gasteiger partial charge in [0.1, 0.15) is 0 Å². The molecule has 0 unspecified atom stereocenters. The second-order valence-electron chi connectivity index (χ2n) is 7.73. The molecule has 3 N–H and O–H groups in total. The van der Waals surface area contributed by atoms with E-state index < -0.39 is 5.54 Å². The Morgan fingerprint density at radius 2 is 1.96 bits per heavy atom. The molecule has 25 heavy (non-hydrogen) atoms. The van der Waals surface area contributed by atoms with Crippen LogP contribution in [0.2, 0.25) is 0 Å². The smallest absolute Gasteiger partial charge is 0.240 e. The number of benzene rings is 1. The molecule has 0 aliphatic carbocycles. The highest BCUT2D eigenvalue weighted by molar-refractivity contribution is 5.86. The molecule has 5 nitrogen and oxygen atoms in total. The van der Waals surface area contributed by atoms with Gasteiger partial charge in [0, 0.05) is 26.3 Å². The number of nitrogens with two attached hydrogens (primary N) is 1. The highest BCUT2D eigenvalue weighted by Gasteiger charge is 2.35. The van der Waals surface area contributed by atoms with Crippen LogP contribution in [-0.4, -0.2) is 42.6 Å². The van der Waals surface area contributed by atoms with Crippen LogP contribution in [0.3, 0.4) is 0 Å². The Morgan fingerprint density at radius 1 is 1.28 bits per heavy atom. The van der Waals surface area contributed by atoms with Gasteiger partial charge in [-0.1, -0.05) is 31.2 Å². The van der Waals surface area contributed by atoms with Gasteiger partial charge in [-0.2, -0.15) is 0 Å². The number of nitrogens with zero attached hydrogens (tertiary/aromatic N) is 1. The Labute approximate surface area is 150 Å². The van der Waals surface area contributed by atoms with Crippen LogP contribution in [0.1, 0.15) is 43.7 Å². The largest absolute Gasteiger partial charge is 0.381 e. The fourth-order valence-electron chi connectivity index (χ4n) is 3.64. The van der Waals surface area contributed by atoms with Crippen LogP contribution in [-0.2, 0) is 22.6 Å². The van der Waals surface area contributed by atoms with Gasteiger partial charge in [0.25, 0.3) is 0 Å². The van der Waals surface area contributed by atoms with Crippen LogP contribution in [0, 0.1) is 5.92 Å². The van der Waals surface area contributed by atoms with Crippen molar-refractivity contribution in [2.75, 3.05) is 26.3 Å². The highest BCUT2D eigenvalue weighted by Crippen LogP contribution is 2.19. The lowest BCUT2D eigenvalue weighted by Crippen LogP contribution is -2.56. The zero-order valence-electron chi connectivity index (χ0n) is 15.3. The molecule has 138 valence electrons. The van der Waals surface area contributed by atoms with Crippen LogP contribution in [0.25, 0.3) is 0 Å². The molecule has 2 aliphatic rings. The molecule has 0 spiro atoms. The fraction of sp³-hybridized carbons (Fsp3) is 0.650. The summed E-state index contributed by atoms with van der Waals surface area (Å²) in [6, 6.07) is 8.52. The van der Waals surface area contributed by atoms with Crippen LogP contribution >= 0.6 is 0 Å². The van der Waals surface area contributed by atoms with E-state index in [9.17, 15) is 4.79 Å². The van der Waals surface area contributed by atoms with Crippen LogP contribution in [0.5, 0.6) is 0 Å². The van der Waals surface area contributed by atoms with Gasteiger partial charge in [-0.3, -0.25) is 9.69 Å². The summed E-state index contributed by atoms with van der Waals surface area (Å²) in [7, 11) is 0. The average Bonchev–Trinajstić information content (AvgIpc) is 2.62. The summed E-state index contributed by atoms with van der Waals surface area (Å²) < 4.78 is 5.31. The van der Waals surface area contributed by atoms with Crippen molar-refractivity contribution in [1.82, 2.24) is 10.2 Å². The zero-order chi connectivity index (χ0) is 17.7. The van der Waals surface area contributed by atoms with Crippen molar-refractivity contribution < 1.29 is 9.53 Å². The minimum atomic E-state index is -0.777. The number of hydrogen-bond donors (Lipinski definition) is 2. The molecule has 0 radical (unpaired) electrons. The normalized spacial score (nSPS) is 21.8. The van der Waals surface area contributed by atoms with Crippen molar-refractivity contribution >= 4 is 5.91 Å². The summed E-state index contributed by atoms with van der Waals surface area (Å²) in [5.74, 6) is 0.790. The Hall–Kier alpha value is -1.43. The lowest BCUT2D eigenvalue weighted by molar-refractivity contribution is -0.129. The summed E-state index contributed by atoms with van der Waals surface area (Å²) >= 11 is 0. The Balaban J connectivity index is 1.52. The molecule has 1 amide bonds. The first kappa shape index (κ1) is 18.4. The lowest BCUT2D eigenvalue weighted by atomic mass is 9.90. The lowest BCUT2D eigenvalue weighted by Gasteiger charge is -2.31. The Kier molecular flexibility index (Phi) is 6.10. The monoisotopic (exact) mass is 345 g/mol. The predicted octanol–water partition coefficient (Wildman–Crippen LogP) is 2.04. The van der Waals surface area contributed by atoms with Gasteiger partial charge in [-0.25, -0.2) is 0 Å². The van der Waals surface area contributed by atoms with Crippen molar-refractivity contribution in [2.45, 2.75) is 51.2 Å². The second kappa shape index (κ2) is 8.30. The van der Waals surface area contributed by atoms with E-state index in [1.165, 1.54) is 31.5 Å². The molecule has 2 heterocycles. The topological polar surface area (TPSA) is 67.6 Å². The molecule has 2 fully saturated rings. The maximum absolute atomic E-state index is 12.4. The van der Waals surface area contributed by atoms with E-state index in [0.717, 1.165) is 18.0 Å². The van der Waals surface area contributed by atoms with E-state index in [4.69, 9.17) is 10.5 Å². The van der Waals surface area contributed by atoms with Gasteiger partial charge in [0.2, 0.25) is 5.91 Å². The van der Waals surface area contributed by atoms with Crippen LogP contribution in [0.4, 0.5) is 0 Å². The molecule has 2 aliphatic heterocycles. The molecular weight excluding hydrogens is 314 g/mol. The number of hydrogen-bond acceptors (Lipinski definition) is 4. The maximum atomic E-state index is 12.4. The third-order valence-electron chi connectivity index (χ3n) is 5.56. The first-order valence-corrected chi connectivity index (χ1v) is 9.50. The molecule has 1 aromatic carbocycles.